The average molecular weight is 219 g/mol. The van der Waals surface area contributed by atoms with Crippen LogP contribution in [0.1, 0.15) is 64.4 Å². The van der Waals surface area contributed by atoms with E-state index in [2.05, 4.69) is 46.8 Å². The molecule has 1 aromatic heterocycles. The first-order valence-electron chi connectivity index (χ1n) is 6.47. The first-order chi connectivity index (χ1) is 7.47. The van der Waals surface area contributed by atoms with E-state index in [9.17, 15) is 0 Å². The van der Waals surface area contributed by atoms with E-state index in [1.165, 1.54) is 36.2 Å². The summed E-state index contributed by atoms with van der Waals surface area (Å²) < 4.78 is 0. The predicted octanol–water partition coefficient (Wildman–Crippen LogP) is 4.28. The van der Waals surface area contributed by atoms with Crippen LogP contribution in [-0.4, -0.2) is 4.98 Å². The fourth-order valence-corrected chi connectivity index (χ4v) is 1.85. The third-order valence-corrected chi connectivity index (χ3v) is 2.75. The summed E-state index contributed by atoms with van der Waals surface area (Å²) in [6.45, 7) is 11.2. The molecule has 0 amide bonds. The molecule has 1 nitrogen and oxygen atoms in total. The Kier molecular flexibility index (Phi) is 4.52. The molecular formula is C15H25N. The SMILES string of the molecule is CCCc1cc(CCC)nc(C(C)(C)C)c1. The number of aromatic nitrogens is 1. The molecule has 0 saturated heterocycles. The molecule has 1 heterocycles. The van der Waals surface area contributed by atoms with E-state index in [1.807, 2.05) is 0 Å². The lowest BCUT2D eigenvalue weighted by molar-refractivity contribution is 0.563. The molecule has 0 aliphatic rings. The van der Waals surface area contributed by atoms with E-state index in [4.69, 9.17) is 4.98 Å². The van der Waals surface area contributed by atoms with Crippen molar-refractivity contribution in [2.75, 3.05) is 0 Å². The molecule has 0 aliphatic carbocycles. The zero-order chi connectivity index (χ0) is 12.2. The molecule has 1 aromatic rings. The van der Waals surface area contributed by atoms with E-state index in [0.717, 1.165) is 6.42 Å². The minimum Gasteiger partial charge on any atom is -0.257 e. The maximum Gasteiger partial charge on any atom is 0.0463 e. The van der Waals surface area contributed by atoms with Crippen molar-refractivity contribution >= 4 is 0 Å². The van der Waals surface area contributed by atoms with Gasteiger partial charge >= 0.3 is 0 Å². The lowest BCUT2D eigenvalue weighted by atomic mass is 9.90. The monoisotopic (exact) mass is 219 g/mol. The number of hydrogen-bond acceptors (Lipinski definition) is 1. The second kappa shape index (κ2) is 5.47. The fourth-order valence-electron chi connectivity index (χ4n) is 1.85. The summed E-state index contributed by atoms with van der Waals surface area (Å²) in [5.74, 6) is 0. The Bertz CT molecular complexity index is 310. The van der Waals surface area contributed by atoms with Crippen molar-refractivity contribution < 1.29 is 0 Å². The van der Waals surface area contributed by atoms with Gasteiger partial charge in [0.25, 0.3) is 0 Å². The molecule has 0 fully saturated rings. The Labute approximate surface area is 100 Å². The van der Waals surface area contributed by atoms with E-state index >= 15 is 0 Å². The van der Waals surface area contributed by atoms with Gasteiger partial charge in [0.05, 0.1) is 0 Å². The van der Waals surface area contributed by atoms with Gasteiger partial charge in [-0.05, 0) is 30.5 Å². The van der Waals surface area contributed by atoms with Gasteiger partial charge < -0.3 is 0 Å². The van der Waals surface area contributed by atoms with Crippen LogP contribution in [0.4, 0.5) is 0 Å². The summed E-state index contributed by atoms with van der Waals surface area (Å²) in [7, 11) is 0. The Morgan fingerprint density at radius 1 is 1.00 bits per heavy atom. The number of hydrogen-bond donors (Lipinski definition) is 0. The molecule has 16 heavy (non-hydrogen) atoms. The van der Waals surface area contributed by atoms with Gasteiger partial charge in [-0.2, -0.15) is 0 Å². The Balaban J connectivity index is 3.08. The quantitative estimate of drug-likeness (QED) is 0.736. The van der Waals surface area contributed by atoms with Crippen molar-refractivity contribution in [2.24, 2.45) is 0 Å². The standard InChI is InChI=1S/C15H25N/c1-6-8-12-10-13(9-7-2)16-14(11-12)15(3,4)5/h10-11H,6-9H2,1-5H3. The highest BCUT2D eigenvalue weighted by atomic mass is 14.7. The van der Waals surface area contributed by atoms with Crippen LogP contribution in [0.2, 0.25) is 0 Å². The normalized spacial score (nSPS) is 11.8. The highest BCUT2D eigenvalue weighted by molar-refractivity contribution is 5.25. The van der Waals surface area contributed by atoms with Crippen LogP contribution in [0.25, 0.3) is 0 Å². The van der Waals surface area contributed by atoms with Gasteiger partial charge in [-0.1, -0.05) is 47.5 Å². The lowest BCUT2D eigenvalue weighted by Crippen LogP contribution is -2.15. The molecular weight excluding hydrogens is 194 g/mol. The zero-order valence-electron chi connectivity index (χ0n) is 11.4. The molecule has 0 radical (unpaired) electrons. The van der Waals surface area contributed by atoms with E-state index in [0.29, 0.717) is 0 Å². The first-order valence-corrected chi connectivity index (χ1v) is 6.47. The van der Waals surface area contributed by atoms with Crippen LogP contribution in [0.3, 0.4) is 0 Å². The number of rotatable bonds is 4. The molecule has 0 aromatic carbocycles. The molecule has 0 aliphatic heterocycles. The molecule has 1 rings (SSSR count). The molecule has 0 saturated carbocycles. The summed E-state index contributed by atoms with van der Waals surface area (Å²) in [4.78, 5) is 4.78. The van der Waals surface area contributed by atoms with E-state index in [-0.39, 0.29) is 5.41 Å². The van der Waals surface area contributed by atoms with Gasteiger partial charge in [0, 0.05) is 16.8 Å². The topological polar surface area (TPSA) is 12.9 Å². The maximum absolute atomic E-state index is 4.78. The second-order valence-electron chi connectivity index (χ2n) is 5.60. The summed E-state index contributed by atoms with van der Waals surface area (Å²) in [5.41, 5.74) is 4.11. The van der Waals surface area contributed by atoms with E-state index < -0.39 is 0 Å². The summed E-state index contributed by atoms with van der Waals surface area (Å²) >= 11 is 0. The van der Waals surface area contributed by atoms with Crippen molar-refractivity contribution in [1.82, 2.24) is 4.98 Å². The second-order valence-corrected chi connectivity index (χ2v) is 5.60. The molecule has 0 spiro atoms. The van der Waals surface area contributed by atoms with E-state index in [1.54, 1.807) is 0 Å². The summed E-state index contributed by atoms with van der Waals surface area (Å²) in [6, 6.07) is 4.56. The highest BCUT2D eigenvalue weighted by Gasteiger charge is 2.16. The number of nitrogens with zero attached hydrogens (tertiary/aromatic N) is 1. The van der Waals surface area contributed by atoms with Gasteiger partial charge in [0.15, 0.2) is 0 Å². The Morgan fingerprint density at radius 3 is 2.12 bits per heavy atom. The highest BCUT2D eigenvalue weighted by Crippen LogP contribution is 2.22. The van der Waals surface area contributed by atoms with Crippen molar-refractivity contribution in [2.45, 2.75) is 65.7 Å². The molecule has 0 atom stereocenters. The smallest absolute Gasteiger partial charge is 0.0463 e. The van der Waals surface area contributed by atoms with Crippen molar-refractivity contribution in [3.8, 4) is 0 Å². The molecule has 0 bridgehead atoms. The van der Waals surface area contributed by atoms with Crippen LogP contribution < -0.4 is 0 Å². The van der Waals surface area contributed by atoms with Crippen LogP contribution in [0.15, 0.2) is 12.1 Å². The lowest BCUT2D eigenvalue weighted by Gasteiger charge is -2.20. The molecule has 0 N–H and O–H groups in total. The van der Waals surface area contributed by atoms with Gasteiger partial charge in [0.2, 0.25) is 0 Å². The Morgan fingerprint density at radius 2 is 1.62 bits per heavy atom. The number of pyridine rings is 1. The molecule has 1 heteroatoms. The van der Waals surface area contributed by atoms with Gasteiger partial charge in [-0.15, -0.1) is 0 Å². The predicted molar refractivity (Wildman–Crippen MR) is 70.9 cm³/mol. The largest absolute Gasteiger partial charge is 0.257 e. The van der Waals surface area contributed by atoms with Gasteiger partial charge in [-0.25, -0.2) is 0 Å². The van der Waals surface area contributed by atoms with Crippen LogP contribution in [-0.2, 0) is 18.3 Å². The third kappa shape index (κ3) is 3.62. The minimum atomic E-state index is 0.159. The first kappa shape index (κ1) is 13.2. The number of aryl methyl sites for hydroxylation is 2. The molecule has 90 valence electrons. The van der Waals surface area contributed by atoms with Crippen molar-refractivity contribution in [1.29, 1.82) is 0 Å². The fraction of sp³-hybridized carbons (Fsp3) is 0.667. The zero-order valence-corrected chi connectivity index (χ0v) is 11.4. The summed E-state index contributed by atoms with van der Waals surface area (Å²) in [5, 5.41) is 0. The van der Waals surface area contributed by atoms with Crippen molar-refractivity contribution in [3.05, 3.63) is 29.1 Å². The Hall–Kier alpha value is -0.850. The van der Waals surface area contributed by atoms with Crippen LogP contribution >= 0.6 is 0 Å². The summed E-state index contributed by atoms with van der Waals surface area (Å²) in [6.07, 6.45) is 4.65. The maximum atomic E-state index is 4.78. The average Bonchev–Trinajstić information content (AvgIpc) is 2.17. The molecule has 0 unspecified atom stereocenters. The minimum absolute atomic E-state index is 0.159. The van der Waals surface area contributed by atoms with Crippen LogP contribution in [0, 0.1) is 0 Å². The third-order valence-electron chi connectivity index (χ3n) is 2.75. The van der Waals surface area contributed by atoms with Crippen molar-refractivity contribution in [3.63, 3.8) is 0 Å². The van der Waals surface area contributed by atoms with Gasteiger partial charge in [0.1, 0.15) is 0 Å². The van der Waals surface area contributed by atoms with Crippen LogP contribution in [0.5, 0.6) is 0 Å². The van der Waals surface area contributed by atoms with Gasteiger partial charge in [-0.3, -0.25) is 4.98 Å².